The lowest BCUT2D eigenvalue weighted by atomic mass is 10.1. The molecule has 3 rings (SSSR count). The summed E-state index contributed by atoms with van der Waals surface area (Å²) in [6.45, 7) is 0.496. The molecule has 15 heavy (non-hydrogen) atoms. The molecule has 1 atom stereocenters. The first-order chi connectivity index (χ1) is 7.43. The van der Waals surface area contributed by atoms with Gasteiger partial charge >= 0.3 is 0 Å². The molecule has 0 radical (unpaired) electrons. The van der Waals surface area contributed by atoms with Crippen LogP contribution in [0.5, 0.6) is 0 Å². The topological polar surface area (TPSA) is 31.6 Å². The molecule has 0 fully saturated rings. The molecule has 0 N–H and O–H groups in total. The van der Waals surface area contributed by atoms with Gasteiger partial charge in [0.25, 0.3) is 0 Å². The Hall–Kier alpha value is -1.74. The molecule has 1 aromatic carbocycles. The van der Waals surface area contributed by atoms with Crippen LogP contribution in [0.15, 0.2) is 47.1 Å². The third kappa shape index (κ3) is 1.51. The summed E-state index contributed by atoms with van der Waals surface area (Å²) in [6.07, 6.45) is 3.47. The Bertz CT molecular complexity index is 465. The summed E-state index contributed by atoms with van der Waals surface area (Å²) in [5, 5.41) is 1.12. The van der Waals surface area contributed by atoms with E-state index in [0.717, 1.165) is 16.7 Å². The van der Waals surface area contributed by atoms with Crippen LogP contribution in [-0.2, 0) is 9.78 Å². The van der Waals surface area contributed by atoms with Gasteiger partial charge in [0.15, 0.2) is 0 Å². The van der Waals surface area contributed by atoms with Crippen LogP contribution in [0.1, 0.15) is 11.7 Å². The van der Waals surface area contributed by atoms with Crippen molar-refractivity contribution in [2.45, 2.75) is 5.92 Å². The number of hydrogen-bond acceptors (Lipinski definition) is 3. The molecule has 1 unspecified atom stereocenters. The Morgan fingerprint density at radius 2 is 2.13 bits per heavy atom. The van der Waals surface area contributed by atoms with Crippen molar-refractivity contribution in [3.63, 3.8) is 0 Å². The van der Waals surface area contributed by atoms with Crippen molar-refractivity contribution in [3.8, 4) is 0 Å². The Labute approximate surface area is 86.8 Å². The van der Waals surface area contributed by atoms with Crippen molar-refractivity contribution < 1.29 is 14.2 Å². The van der Waals surface area contributed by atoms with Gasteiger partial charge in [-0.15, -0.1) is 0 Å². The fraction of sp³-hybridized carbons (Fsp3) is 0.167. The smallest absolute Gasteiger partial charge is 0.134 e. The van der Waals surface area contributed by atoms with Crippen molar-refractivity contribution in [3.05, 3.63) is 48.4 Å². The second kappa shape index (κ2) is 3.44. The van der Waals surface area contributed by atoms with Gasteiger partial charge in [-0.2, -0.15) is 4.89 Å². The summed E-state index contributed by atoms with van der Waals surface area (Å²) in [4.78, 5) is 9.56. The lowest BCUT2D eigenvalue weighted by molar-refractivity contribution is -0.258. The van der Waals surface area contributed by atoms with Crippen LogP contribution < -0.4 is 0 Å². The first kappa shape index (κ1) is 8.56. The summed E-state index contributed by atoms with van der Waals surface area (Å²) in [5.41, 5.74) is 0.910. The standard InChI is InChI=1S/C12H10O3/c1-2-4-11-9(3-1)7-12(15-11)10-5-6-13-14-8-10/h1-7,10H,8H2. The second-order valence-electron chi connectivity index (χ2n) is 3.50. The van der Waals surface area contributed by atoms with E-state index in [4.69, 9.17) is 9.30 Å². The summed E-state index contributed by atoms with van der Waals surface area (Å²) in [6, 6.07) is 10.00. The predicted molar refractivity (Wildman–Crippen MR) is 55.1 cm³/mol. The van der Waals surface area contributed by atoms with Crippen molar-refractivity contribution in [2.75, 3.05) is 6.61 Å². The SMILES string of the molecule is C1=CC(c2cc3ccccc3o2)COO1. The highest BCUT2D eigenvalue weighted by Crippen LogP contribution is 2.27. The van der Waals surface area contributed by atoms with E-state index >= 15 is 0 Å². The van der Waals surface area contributed by atoms with Gasteiger partial charge in [0.05, 0.1) is 5.92 Å². The normalized spacial score (nSPS) is 20.4. The maximum Gasteiger partial charge on any atom is 0.134 e. The van der Waals surface area contributed by atoms with E-state index in [0.29, 0.717) is 6.61 Å². The second-order valence-corrected chi connectivity index (χ2v) is 3.50. The molecular weight excluding hydrogens is 192 g/mol. The number of para-hydroxylation sites is 1. The van der Waals surface area contributed by atoms with Crippen LogP contribution >= 0.6 is 0 Å². The highest BCUT2D eigenvalue weighted by atomic mass is 17.2. The van der Waals surface area contributed by atoms with E-state index in [1.165, 1.54) is 0 Å². The van der Waals surface area contributed by atoms with Gasteiger partial charge in [0.2, 0.25) is 0 Å². The van der Waals surface area contributed by atoms with Gasteiger partial charge < -0.3 is 9.30 Å². The van der Waals surface area contributed by atoms with Crippen LogP contribution in [-0.4, -0.2) is 6.61 Å². The molecule has 76 valence electrons. The third-order valence-electron chi connectivity index (χ3n) is 2.49. The number of benzene rings is 1. The quantitative estimate of drug-likeness (QED) is 0.666. The fourth-order valence-electron chi connectivity index (χ4n) is 1.70. The van der Waals surface area contributed by atoms with Gasteiger partial charge in [0.1, 0.15) is 24.2 Å². The van der Waals surface area contributed by atoms with E-state index in [1.807, 2.05) is 36.4 Å². The summed E-state index contributed by atoms with van der Waals surface area (Å²) in [5.74, 6) is 1.06. The highest BCUT2D eigenvalue weighted by molar-refractivity contribution is 5.77. The zero-order valence-electron chi connectivity index (χ0n) is 8.05. The Kier molecular flexibility index (Phi) is 1.96. The first-order valence-corrected chi connectivity index (χ1v) is 4.87. The molecule has 0 bridgehead atoms. The molecular formula is C12H10O3. The molecule has 3 nitrogen and oxygen atoms in total. The predicted octanol–water partition coefficient (Wildman–Crippen LogP) is 2.99. The molecule has 1 aromatic heterocycles. The van der Waals surface area contributed by atoms with Gasteiger partial charge in [0, 0.05) is 5.39 Å². The molecule has 0 saturated carbocycles. The van der Waals surface area contributed by atoms with Crippen molar-refractivity contribution in [2.24, 2.45) is 0 Å². The molecule has 2 heterocycles. The third-order valence-corrected chi connectivity index (χ3v) is 2.49. The Morgan fingerprint density at radius 1 is 1.20 bits per heavy atom. The Balaban J connectivity index is 2.03. The van der Waals surface area contributed by atoms with Crippen molar-refractivity contribution >= 4 is 11.0 Å². The zero-order valence-corrected chi connectivity index (χ0v) is 8.05. The van der Waals surface area contributed by atoms with E-state index in [1.54, 1.807) is 6.26 Å². The average Bonchev–Trinajstić information content (AvgIpc) is 2.74. The van der Waals surface area contributed by atoms with Crippen LogP contribution in [0.3, 0.4) is 0 Å². The number of fused-ring (bicyclic) bond motifs is 1. The van der Waals surface area contributed by atoms with Gasteiger partial charge in [-0.25, -0.2) is 0 Å². The molecule has 0 aliphatic carbocycles. The van der Waals surface area contributed by atoms with E-state index in [-0.39, 0.29) is 5.92 Å². The lowest BCUT2D eigenvalue weighted by Crippen LogP contribution is -2.08. The number of rotatable bonds is 1. The van der Waals surface area contributed by atoms with Crippen LogP contribution in [0.25, 0.3) is 11.0 Å². The number of hydrogen-bond donors (Lipinski definition) is 0. The van der Waals surface area contributed by atoms with Crippen LogP contribution in [0.2, 0.25) is 0 Å². The molecule has 1 aliphatic heterocycles. The minimum Gasteiger partial charge on any atom is -0.460 e. The van der Waals surface area contributed by atoms with Crippen LogP contribution in [0, 0.1) is 0 Å². The molecule has 2 aromatic rings. The summed E-state index contributed by atoms with van der Waals surface area (Å²) in [7, 11) is 0. The van der Waals surface area contributed by atoms with Crippen molar-refractivity contribution in [1.82, 2.24) is 0 Å². The van der Waals surface area contributed by atoms with Gasteiger partial charge in [-0.3, -0.25) is 0 Å². The van der Waals surface area contributed by atoms with Crippen LogP contribution in [0.4, 0.5) is 0 Å². The number of furan rings is 1. The van der Waals surface area contributed by atoms with E-state index in [9.17, 15) is 0 Å². The van der Waals surface area contributed by atoms with E-state index in [2.05, 4.69) is 4.89 Å². The molecule has 0 amide bonds. The monoisotopic (exact) mass is 202 g/mol. The maximum atomic E-state index is 5.72. The van der Waals surface area contributed by atoms with Crippen molar-refractivity contribution in [1.29, 1.82) is 0 Å². The lowest BCUT2D eigenvalue weighted by Gasteiger charge is -2.12. The first-order valence-electron chi connectivity index (χ1n) is 4.87. The summed E-state index contributed by atoms with van der Waals surface area (Å²) >= 11 is 0. The summed E-state index contributed by atoms with van der Waals surface area (Å²) < 4.78 is 5.72. The van der Waals surface area contributed by atoms with Gasteiger partial charge in [-0.1, -0.05) is 18.2 Å². The minimum absolute atomic E-state index is 0.145. The Morgan fingerprint density at radius 3 is 2.93 bits per heavy atom. The highest BCUT2D eigenvalue weighted by Gasteiger charge is 2.17. The largest absolute Gasteiger partial charge is 0.460 e. The maximum absolute atomic E-state index is 5.72. The average molecular weight is 202 g/mol. The molecule has 0 spiro atoms. The fourth-order valence-corrected chi connectivity index (χ4v) is 1.70. The van der Waals surface area contributed by atoms with E-state index < -0.39 is 0 Å². The molecule has 3 heteroatoms. The zero-order chi connectivity index (χ0) is 10.1. The molecule has 0 saturated heterocycles. The molecule has 1 aliphatic rings. The minimum atomic E-state index is 0.145. The van der Waals surface area contributed by atoms with Gasteiger partial charge in [-0.05, 0) is 18.2 Å².